The molecule has 1 saturated heterocycles. The molecule has 1 fully saturated rings. The molecule has 1 aliphatic heterocycles. The predicted octanol–water partition coefficient (Wildman–Crippen LogP) is 2.01. The number of likely N-dealkylation sites (tertiary alicyclic amines) is 1. The molecule has 27 heavy (non-hydrogen) atoms. The molecule has 0 spiro atoms. The fraction of sp³-hybridized carbons (Fsp3) is 0.263. The third kappa shape index (κ3) is 4.28. The molecular formula is C19H19FN4O3. The van der Waals surface area contributed by atoms with Crippen LogP contribution in [-0.4, -0.2) is 34.2 Å². The van der Waals surface area contributed by atoms with Gasteiger partial charge in [0.15, 0.2) is 0 Å². The van der Waals surface area contributed by atoms with E-state index in [9.17, 15) is 18.8 Å². The molecule has 2 heterocycles. The number of nitrogens with zero attached hydrogens (tertiary/aromatic N) is 2. The number of pyridine rings is 1. The van der Waals surface area contributed by atoms with E-state index in [0.717, 1.165) is 12.8 Å². The van der Waals surface area contributed by atoms with Gasteiger partial charge in [0.1, 0.15) is 5.82 Å². The molecule has 2 aromatic rings. The number of nitrogens with one attached hydrogen (secondary N) is 1. The Bertz CT molecular complexity index is 887. The van der Waals surface area contributed by atoms with Gasteiger partial charge in [-0.25, -0.2) is 4.39 Å². The van der Waals surface area contributed by atoms with Gasteiger partial charge in [0.05, 0.1) is 23.5 Å². The van der Waals surface area contributed by atoms with Gasteiger partial charge in [0.2, 0.25) is 5.91 Å². The van der Waals surface area contributed by atoms with Gasteiger partial charge < -0.3 is 16.0 Å². The third-order valence-electron chi connectivity index (χ3n) is 4.47. The molecule has 7 nitrogen and oxygen atoms in total. The van der Waals surface area contributed by atoms with Crippen LogP contribution >= 0.6 is 0 Å². The molecule has 1 aromatic heterocycles. The van der Waals surface area contributed by atoms with E-state index in [-0.39, 0.29) is 23.1 Å². The molecular weight excluding hydrogens is 351 g/mol. The number of primary amides is 1. The first kappa shape index (κ1) is 18.5. The van der Waals surface area contributed by atoms with Gasteiger partial charge in [-0.3, -0.25) is 19.4 Å². The van der Waals surface area contributed by atoms with Crippen molar-refractivity contribution >= 4 is 23.4 Å². The highest BCUT2D eigenvalue weighted by molar-refractivity contribution is 6.39. The smallest absolute Gasteiger partial charge is 0.313 e. The van der Waals surface area contributed by atoms with Gasteiger partial charge in [-0.05, 0) is 43.0 Å². The summed E-state index contributed by atoms with van der Waals surface area (Å²) < 4.78 is 13.6. The number of anilines is 1. The topological polar surface area (TPSA) is 105 Å². The average Bonchev–Trinajstić information content (AvgIpc) is 2.67. The van der Waals surface area contributed by atoms with E-state index in [1.807, 2.05) is 0 Å². The lowest BCUT2D eigenvalue weighted by Gasteiger charge is -2.35. The first-order chi connectivity index (χ1) is 13.0. The second kappa shape index (κ2) is 7.94. The largest absolute Gasteiger partial charge is 0.366 e. The van der Waals surface area contributed by atoms with Crippen molar-refractivity contribution in [3.05, 3.63) is 59.7 Å². The number of aromatic nitrogens is 1. The number of amides is 3. The summed E-state index contributed by atoms with van der Waals surface area (Å²) in [7, 11) is 0. The molecule has 0 aliphatic carbocycles. The Kier molecular flexibility index (Phi) is 5.44. The molecule has 0 radical (unpaired) electrons. The van der Waals surface area contributed by atoms with E-state index < -0.39 is 17.7 Å². The SMILES string of the molecule is NC(=O)c1cncc(NC(=O)C(=O)N2CCCC[C@H]2c2cccc(F)c2)c1. The number of rotatable bonds is 3. The second-order valence-electron chi connectivity index (χ2n) is 6.35. The number of hydrogen-bond acceptors (Lipinski definition) is 4. The Labute approximate surface area is 155 Å². The van der Waals surface area contributed by atoms with E-state index >= 15 is 0 Å². The van der Waals surface area contributed by atoms with Crippen molar-refractivity contribution in [2.75, 3.05) is 11.9 Å². The molecule has 0 unspecified atom stereocenters. The summed E-state index contributed by atoms with van der Waals surface area (Å²) in [6.45, 7) is 0.410. The fourth-order valence-electron chi connectivity index (χ4n) is 3.19. The van der Waals surface area contributed by atoms with E-state index in [1.165, 1.54) is 35.5 Å². The van der Waals surface area contributed by atoms with E-state index in [2.05, 4.69) is 10.3 Å². The van der Waals surface area contributed by atoms with Crippen LogP contribution < -0.4 is 11.1 Å². The van der Waals surface area contributed by atoms with Crippen molar-refractivity contribution in [1.82, 2.24) is 9.88 Å². The number of carbonyl (C=O) groups excluding carboxylic acids is 3. The molecule has 8 heteroatoms. The van der Waals surface area contributed by atoms with Gasteiger partial charge in [0, 0.05) is 12.7 Å². The number of halogens is 1. The van der Waals surface area contributed by atoms with E-state index in [0.29, 0.717) is 18.5 Å². The van der Waals surface area contributed by atoms with Crippen LogP contribution in [0.2, 0.25) is 0 Å². The minimum absolute atomic E-state index is 0.121. The Morgan fingerprint density at radius 1 is 1.19 bits per heavy atom. The maximum Gasteiger partial charge on any atom is 0.313 e. The van der Waals surface area contributed by atoms with Crippen LogP contribution in [0.15, 0.2) is 42.7 Å². The minimum Gasteiger partial charge on any atom is -0.366 e. The van der Waals surface area contributed by atoms with Crippen LogP contribution in [-0.2, 0) is 9.59 Å². The van der Waals surface area contributed by atoms with Gasteiger partial charge >= 0.3 is 11.8 Å². The molecule has 3 rings (SSSR count). The van der Waals surface area contributed by atoms with Crippen LogP contribution in [0.1, 0.15) is 41.2 Å². The van der Waals surface area contributed by atoms with Crippen molar-refractivity contribution in [2.24, 2.45) is 5.73 Å². The highest BCUT2D eigenvalue weighted by Crippen LogP contribution is 2.31. The predicted molar refractivity (Wildman–Crippen MR) is 96.1 cm³/mol. The maximum absolute atomic E-state index is 13.6. The van der Waals surface area contributed by atoms with Gasteiger partial charge in [-0.15, -0.1) is 0 Å². The number of carbonyl (C=O) groups is 3. The summed E-state index contributed by atoms with van der Waals surface area (Å²) >= 11 is 0. The first-order valence-electron chi connectivity index (χ1n) is 8.58. The van der Waals surface area contributed by atoms with Crippen molar-refractivity contribution in [1.29, 1.82) is 0 Å². The molecule has 1 atom stereocenters. The standard InChI is InChI=1S/C19H19FN4O3/c20-14-5-3-4-12(8-14)16-6-1-2-7-24(16)19(27)18(26)23-15-9-13(17(21)25)10-22-11-15/h3-5,8-11,16H,1-2,6-7H2,(H2,21,25)(H,23,26)/t16-/m0/s1. The van der Waals surface area contributed by atoms with Gasteiger partial charge in [0.25, 0.3) is 0 Å². The monoisotopic (exact) mass is 370 g/mol. The quantitative estimate of drug-likeness (QED) is 0.806. The molecule has 0 saturated carbocycles. The zero-order valence-corrected chi connectivity index (χ0v) is 14.5. The van der Waals surface area contributed by atoms with Crippen molar-refractivity contribution in [3.8, 4) is 0 Å². The van der Waals surface area contributed by atoms with Crippen molar-refractivity contribution in [2.45, 2.75) is 25.3 Å². The van der Waals surface area contributed by atoms with Gasteiger partial charge in [-0.1, -0.05) is 12.1 Å². The fourth-order valence-corrected chi connectivity index (χ4v) is 3.19. The summed E-state index contributed by atoms with van der Waals surface area (Å²) in [4.78, 5) is 41.6. The molecule has 3 N–H and O–H groups in total. The van der Waals surface area contributed by atoms with Crippen LogP contribution in [0.5, 0.6) is 0 Å². The Hall–Kier alpha value is -3.29. The lowest BCUT2D eigenvalue weighted by molar-refractivity contribution is -0.145. The minimum atomic E-state index is -0.846. The van der Waals surface area contributed by atoms with E-state index in [1.54, 1.807) is 12.1 Å². The molecule has 0 bridgehead atoms. The summed E-state index contributed by atoms with van der Waals surface area (Å²) in [5.41, 5.74) is 6.17. The molecule has 140 valence electrons. The number of hydrogen-bond donors (Lipinski definition) is 2. The number of piperidine rings is 1. The molecule has 3 amide bonds. The summed E-state index contributed by atoms with van der Waals surface area (Å²) in [5.74, 6) is -2.63. The zero-order chi connectivity index (χ0) is 19.4. The van der Waals surface area contributed by atoms with Crippen LogP contribution in [0.4, 0.5) is 10.1 Å². The summed E-state index contributed by atoms with van der Waals surface area (Å²) in [6, 6.07) is 7.04. The molecule has 1 aromatic carbocycles. The third-order valence-corrected chi connectivity index (χ3v) is 4.47. The van der Waals surface area contributed by atoms with E-state index in [4.69, 9.17) is 5.73 Å². The lowest BCUT2D eigenvalue weighted by atomic mass is 9.95. The Balaban J connectivity index is 1.77. The second-order valence-corrected chi connectivity index (χ2v) is 6.35. The summed E-state index contributed by atoms with van der Waals surface area (Å²) in [6.07, 6.45) is 4.89. The van der Waals surface area contributed by atoms with Crippen LogP contribution in [0, 0.1) is 5.82 Å². The highest BCUT2D eigenvalue weighted by Gasteiger charge is 2.32. The molecule has 1 aliphatic rings. The number of nitrogens with two attached hydrogens (primary N) is 1. The van der Waals surface area contributed by atoms with Gasteiger partial charge in [-0.2, -0.15) is 0 Å². The average molecular weight is 370 g/mol. The zero-order valence-electron chi connectivity index (χ0n) is 14.5. The summed E-state index contributed by atoms with van der Waals surface area (Å²) in [5, 5.41) is 2.44. The number of benzene rings is 1. The first-order valence-corrected chi connectivity index (χ1v) is 8.58. The maximum atomic E-state index is 13.6. The Morgan fingerprint density at radius 2 is 2.00 bits per heavy atom. The van der Waals surface area contributed by atoms with Crippen molar-refractivity contribution < 1.29 is 18.8 Å². The van der Waals surface area contributed by atoms with Crippen LogP contribution in [0.3, 0.4) is 0 Å². The van der Waals surface area contributed by atoms with Crippen LogP contribution in [0.25, 0.3) is 0 Å². The Morgan fingerprint density at radius 3 is 2.74 bits per heavy atom. The van der Waals surface area contributed by atoms with Crippen molar-refractivity contribution in [3.63, 3.8) is 0 Å². The highest BCUT2D eigenvalue weighted by atomic mass is 19.1. The normalized spacial score (nSPS) is 16.6. The lowest BCUT2D eigenvalue weighted by Crippen LogP contribution is -2.44.